The van der Waals surface area contributed by atoms with Gasteiger partial charge in [0.2, 0.25) is 17.6 Å². The third-order valence-electron chi connectivity index (χ3n) is 6.77. The van der Waals surface area contributed by atoms with Crippen LogP contribution in [0.2, 0.25) is 0 Å². The Hall–Kier alpha value is -3.14. The number of halogens is 1. The van der Waals surface area contributed by atoms with Crippen molar-refractivity contribution in [2.75, 3.05) is 39.4 Å². The van der Waals surface area contributed by atoms with Gasteiger partial charge in [-0.1, -0.05) is 29.4 Å². The number of ether oxygens (including phenoxy) is 1. The maximum absolute atomic E-state index is 13.2. The molecule has 1 N–H and O–H groups in total. The van der Waals surface area contributed by atoms with Crippen LogP contribution in [0.15, 0.2) is 53.1 Å². The summed E-state index contributed by atoms with van der Waals surface area (Å²) >= 11 is 0. The lowest BCUT2D eigenvalue weighted by atomic mass is 9.97. The lowest BCUT2D eigenvalue weighted by molar-refractivity contribution is -0.127. The number of hydrogen-bond acceptors (Lipinski definition) is 7. The predicted molar refractivity (Wildman–Crippen MR) is 132 cm³/mol. The second kappa shape index (κ2) is 11.7. The van der Waals surface area contributed by atoms with E-state index in [9.17, 15) is 9.18 Å². The van der Waals surface area contributed by atoms with Gasteiger partial charge in [0.05, 0.1) is 25.7 Å². The van der Waals surface area contributed by atoms with E-state index in [0.717, 1.165) is 57.8 Å². The second-order valence-electron chi connectivity index (χ2n) is 9.52. The first-order chi connectivity index (χ1) is 17.6. The summed E-state index contributed by atoms with van der Waals surface area (Å²) in [6.45, 7) is 6.93. The fourth-order valence-corrected chi connectivity index (χ4v) is 4.83. The Labute approximate surface area is 210 Å². The highest BCUT2D eigenvalue weighted by Gasteiger charge is 2.27. The molecule has 8 nitrogen and oxygen atoms in total. The van der Waals surface area contributed by atoms with Crippen molar-refractivity contribution in [2.45, 2.75) is 32.5 Å². The minimum atomic E-state index is -0.305. The number of carbonyl (C=O) groups is 1. The van der Waals surface area contributed by atoms with Crippen LogP contribution in [0, 0.1) is 11.7 Å². The van der Waals surface area contributed by atoms with Gasteiger partial charge in [0.1, 0.15) is 5.82 Å². The molecule has 5 rings (SSSR count). The molecule has 1 aromatic heterocycles. The molecule has 0 radical (unpaired) electrons. The molecule has 2 fully saturated rings. The fraction of sp³-hybridized carbons (Fsp3) is 0.444. The van der Waals surface area contributed by atoms with Crippen LogP contribution in [0.5, 0.6) is 0 Å². The van der Waals surface area contributed by atoms with Gasteiger partial charge < -0.3 is 14.6 Å². The fourth-order valence-electron chi connectivity index (χ4n) is 4.83. The number of amides is 1. The molecule has 190 valence electrons. The van der Waals surface area contributed by atoms with Crippen LogP contribution in [0.25, 0.3) is 11.4 Å². The van der Waals surface area contributed by atoms with Crippen LogP contribution < -0.4 is 5.32 Å². The molecule has 36 heavy (non-hydrogen) atoms. The molecular weight excluding hydrogens is 461 g/mol. The van der Waals surface area contributed by atoms with Gasteiger partial charge >= 0.3 is 0 Å². The number of rotatable bonds is 8. The molecule has 0 bridgehead atoms. The van der Waals surface area contributed by atoms with Crippen LogP contribution in [0.3, 0.4) is 0 Å². The summed E-state index contributed by atoms with van der Waals surface area (Å²) in [6.07, 6.45) is 1.80. The third kappa shape index (κ3) is 6.54. The molecule has 0 aliphatic carbocycles. The van der Waals surface area contributed by atoms with E-state index in [0.29, 0.717) is 36.9 Å². The predicted octanol–water partition coefficient (Wildman–Crippen LogP) is 3.24. The monoisotopic (exact) mass is 493 g/mol. The summed E-state index contributed by atoms with van der Waals surface area (Å²) < 4.78 is 24.0. The number of aromatic nitrogens is 2. The Morgan fingerprint density at radius 2 is 1.83 bits per heavy atom. The summed E-state index contributed by atoms with van der Waals surface area (Å²) in [5.74, 6) is 0.631. The molecule has 3 heterocycles. The smallest absolute Gasteiger partial charge is 0.241 e. The highest BCUT2D eigenvalue weighted by Crippen LogP contribution is 2.21. The molecular formula is C27H32FN5O3. The first kappa shape index (κ1) is 24.5. The largest absolute Gasteiger partial charge is 0.379 e. The van der Waals surface area contributed by atoms with Crippen molar-refractivity contribution in [3.63, 3.8) is 0 Å². The van der Waals surface area contributed by atoms with Gasteiger partial charge in [-0.2, -0.15) is 4.98 Å². The number of benzene rings is 2. The Morgan fingerprint density at radius 3 is 2.67 bits per heavy atom. The Balaban J connectivity index is 1.11. The SMILES string of the molecule is O=C(NCc1cccc(CN2CCOCC2)c1)C1CCCN(Cc2nc(-c3ccc(F)cc3)no2)C1. The maximum atomic E-state index is 13.2. The number of morpholine rings is 1. The maximum Gasteiger partial charge on any atom is 0.241 e. The van der Waals surface area contributed by atoms with Crippen molar-refractivity contribution >= 4 is 5.91 Å². The van der Waals surface area contributed by atoms with Crippen LogP contribution >= 0.6 is 0 Å². The third-order valence-corrected chi connectivity index (χ3v) is 6.77. The highest BCUT2D eigenvalue weighted by atomic mass is 19.1. The number of hydrogen-bond donors (Lipinski definition) is 1. The summed E-state index contributed by atoms with van der Waals surface area (Å²) in [5, 5.41) is 7.15. The zero-order valence-corrected chi connectivity index (χ0v) is 20.4. The second-order valence-corrected chi connectivity index (χ2v) is 9.52. The molecule has 9 heteroatoms. The molecule has 0 spiro atoms. The van der Waals surface area contributed by atoms with Crippen molar-refractivity contribution in [1.29, 1.82) is 0 Å². The van der Waals surface area contributed by atoms with Crippen molar-refractivity contribution in [3.8, 4) is 11.4 Å². The van der Waals surface area contributed by atoms with Crippen LogP contribution in [-0.2, 0) is 29.2 Å². The summed E-state index contributed by atoms with van der Waals surface area (Å²) in [4.78, 5) is 22.0. The quantitative estimate of drug-likeness (QED) is 0.516. The van der Waals surface area contributed by atoms with E-state index in [1.54, 1.807) is 12.1 Å². The zero-order valence-electron chi connectivity index (χ0n) is 20.4. The highest BCUT2D eigenvalue weighted by molar-refractivity contribution is 5.79. The average molecular weight is 494 g/mol. The van der Waals surface area contributed by atoms with Crippen LogP contribution in [0.4, 0.5) is 4.39 Å². The normalized spacial score (nSPS) is 19.3. The van der Waals surface area contributed by atoms with E-state index in [1.807, 2.05) is 0 Å². The van der Waals surface area contributed by atoms with Crippen molar-refractivity contribution in [2.24, 2.45) is 5.92 Å². The summed E-state index contributed by atoms with van der Waals surface area (Å²) in [7, 11) is 0. The van der Waals surface area contributed by atoms with E-state index in [-0.39, 0.29) is 17.6 Å². The van der Waals surface area contributed by atoms with E-state index >= 15 is 0 Å². The van der Waals surface area contributed by atoms with Crippen LogP contribution in [-0.4, -0.2) is 65.2 Å². The number of likely N-dealkylation sites (tertiary alicyclic amines) is 1. The van der Waals surface area contributed by atoms with Gasteiger partial charge in [-0.05, 0) is 54.8 Å². The summed E-state index contributed by atoms with van der Waals surface area (Å²) in [6, 6.07) is 14.4. The van der Waals surface area contributed by atoms with Gasteiger partial charge in [0.25, 0.3) is 0 Å². The lowest BCUT2D eigenvalue weighted by Crippen LogP contribution is -2.42. The molecule has 0 saturated carbocycles. The van der Waals surface area contributed by atoms with Crippen LogP contribution in [0.1, 0.15) is 29.9 Å². The average Bonchev–Trinajstić information content (AvgIpc) is 3.37. The number of piperidine rings is 1. The first-order valence-electron chi connectivity index (χ1n) is 12.6. The van der Waals surface area contributed by atoms with Crippen molar-refractivity contribution < 1.29 is 18.4 Å². The minimum absolute atomic E-state index is 0.0743. The standard InChI is InChI=1S/C27H32FN5O3/c28-24-8-6-22(7-9-24)26-30-25(36-31-26)19-33-10-2-5-23(18-33)27(34)29-16-20-3-1-4-21(15-20)17-32-11-13-35-14-12-32/h1,3-4,6-9,15,23H,2,5,10-14,16-19H2,(H,29,34). The first-order valence-corrected chi connectivity index (χ1v) is 12.6. The Bertz CT molecular complexity index is 1150. The molecule has 2 aliphatic heterocycles. The topological polar surface area (TPSA) is 83.7 Å². The molecule has 2 aliphatic rings. The van der Waals surface area contributed by atoms with E-state index < -0.39 is 0 Å². The Morgan fingerprint density at radius 1 is 1.03 bits per heavy atom. The molecule has 2 aromatic carbocycles. The van der Waals surface area contributed by atoms with Crippen molar-refractivity contribution in [1.82, 2.24) is 25.3 Å². The van der Waals surface area contributed by atoms with Gasteiger partial charge in [0.15, 0.2) is 0 Å². The van der Waals surface area contributed by atoms with E-state index in [1.165, 1.54) is 17.7 Å². The van der Waals surface area contributed by atoms with E-state index in [4.69, 9.17) is 9.26 Å². The number of carbonyl (C=O) groups excluding carboxylic acids is 1. The van der Waals surface area contributed by atoms with Gasteiger partial charge in [-0.3, -0.25) is 14.6 Å². The van der Waals surface area contributed by atoms with Crippen molar-refractivity contribution in [3.05, 3.63) is 71.4 Å². The van der Waals surface area contributed by atoms with Gasteiger partial charge in [-0.25, -0.2) is 4.39 Å². The van der Waals surface area contributed by atoms with Gasteiger partial charge in [-0.15, -0.1) is 0 Å². The molecule has 1 amide bonds. The molecule has 3 aromatic rings. The molecule has 2 saturated heterocycles. The lowest BCUT2D eigenvalue weighted by Gasteiger charge is -2.30. The number of nitrogens with one attached hydrogen (secondary N) is 1. The zero-order chi connectivity index (χ0) is 24.7. The molecule has 1 atom stereocenters. The summed E-state index contributed by atoms with van der Waals surface area (Å²) in [5.41, 5.74) is 3.07. The minimum Gasteiger partial charge on any atom is -0.379 e. The van der Waals surface area contributed by atoms with Gasteiger partial charge in [0, 0.05) is 38.3 Å². The molecule has 1 unspecified atom stereocenters. The number of nitrogens with zero attached hydrogens (tertiary/aromatic N) is 4. The Kier molecular flexibility index (Phi) is 8.00. The van der Waals surface area contributed by atoms with E-state index in [2.05, 4.69) is 49.5 Å².